The second-order valence-electron chi connectivity index (χ2n) is 6.34. The van der Waals surface area contributed by atoms with Gasteiger partial charge in [-0.05, 0) is 19.3 Å². The van der Waals surface area contributed by atoms with Crippen molar-refractivity contribution in [1.29, 1.82) is 0 Å². The van der Waals surface area contributed by atoms with Crippen molar-refractivity contribution >= 4 is 12.7 Å². The Morgan fingerprint density at radius 3 is 2.55 bits per heavy atom. The van der Waals surface area contributed by atoms with Gasteiger partial charge in [-0.15, -0.1) is 0 Å². The Labute approximate surface area is 120 Å². The fourth-order valence-electron chi connectivity index (χ4n) is 2.47. The van der Waals surface area contributed by atoms with Crippen LogP contribution in [0.4, 0.5) is 0 Å². The summed E-state index contributed by atoms with van der Waals surface area (Å²) in [5.41, 5.74) is 1.71. The summed E-state index contributed by atoms with van der Waals surface area (Å²) in [6.07, 6.45) is 6.99. The van der Waals surface area contributed by atoms with E-state index in [4.69, 9.17) is 14.0 Å². The minimum Gasteiger partial charge on any atom is -0.406 e. The molecular weight excluding hydrogens is 255 g/mol. The summed E-state index contributed by atoms with van der Waals surface area (Å²) >= 11 is 0. The fourth-order valence-corrected chi connectivity index (χ4v) is 2.47. The van der Waals surface area contributed by atoms with E-state index in [1.807, 2.05) is 0 Å². The summed E-state index contributed by atoms with van der Waals surface area (Å²) in [5.74, 6) is 0. The highest BCUT2D eigenvalue weighted by molar-refractivity contribution is 6.60. The van der Waals surface area contributed by atoms with Crippen molar-refractivity contribution in [3.05, 3.63) is 18.1 Å². The Balaban J connectivity index is 1.64. The zero-order valence-corrected chi connectivity index (χ0v) is 12.2. The molecule has 0 radical (unpaired) electrons. The number of rotatable bonds is 2. The first kappa shape index (κ1) is 14.0. The number of aromatic nitrogens is 2. The normalized spacial score (nSPS) is 26.5. The van der Waals surface area contributed by atoms with Crippen LogP contribution in [0.2, 0.25) is 0 Å². The molecule has 20 heavy (non-hydrogen) atoms. The van der Waals surface area contributed by atoms with Gasteiger partial charge in [-0.25, -0.2) is 0 Å². The molecule has 1 unspecified atom stereocenters. The first-order valence-electron chi connectivity index (χ1n) is 7.31. The molecule has 0 amide bonds. The third-order valence-corrected chi connectivity index (χ3v) is 3.69. The number of ether oxygens (including phenoxy) is 1. The lowest BCUT2D eigenvalue weighted by Crippen LogP contribution is -2.48. The highest BCUT2D eigenvalue weighted by Crippen LogP contribution is 2.25. The van der Waals surface area contributed by atoms with Crippen LogP contribution in [0.3, 0.4) is 0 Å². The van der Waals surface area contributed by atoms with E-state index >= 15 is 0 Å². The van der Waals surface area contributed by atoms with Gasteiger partial charge in [0.15, 0.2) is 0 Å². The summed E-state index contributed by atoms with van der Waals surface area (Å²) < 4.78 is 17.1. The monoisotopic (exact) mass is 276 g/mol. The lowest BCUT2D eigenvalue weighted by atomic mass is 9.80. The maximum absolute atomic E-state index is 5.71. The maximum Gasteiger partial charge on any atom is 0.515 e. The summed E-state index contributed by atoms with van der Waals surface area (Å²) in [7, 11) is -0.392. The second-order valence-corrected chi connectivity index (χ2v) is 6.34. The summed E-state index contributed by atoms with van der Waals surface area (Å²) in [5, 5.41) is 0. The van der Waals surface area contributed by atoms with Gasteiger partial charge in [-0.3, -0.25) is 9.97 Å². The van der Waals surface area contributed by atoms with Crippen LogP contribution in [0.1, 0.15) is 44.9 Å². The van der Waals surface area contributed by atoms with Gasteiger partial charge in [0.05, 0.1) is 17.5 Å². The van der Waals surface area contributed by atoms with Crippen LogP contribution in [0.15, 0.2) is 12.4 Å². The van der Waals surface area contributed by atoms with E-state index in [-0.39, 0.29) is 11.5 Å². The van der Waals surface area contributed by atoms with E-state index in [2.05, 4.69) is 23.8 Å². The smallest absolute Gasteiger partial charge is 0.406 e. The molecular formula is C14H21BN2O3. The van der Waals surface area contributed by atoms with E-state index in [1.165, 1.54) is 6.42 Å². The summed E-state index contributed by atoms with van der Waals surface area (Å²) in [4.78, 5) is 8.90. The van der Waals surface area contributed by atoms with Crippen LogP contribution in [-0.4, -0.2) is 36.9 Å². The summed E-state index contributed by atoms with van der Waals surface area (Å²) in [6, 6.07) is 0. The average Bonchev–Trinajstić information content (AvgIpc) is 2.48. The third kappa shape index (κ3) is 3.19. The van der Waals surface area contributed by atoms with Gasteiger partial charge in [0.1, 0.15) is 6.10 Å². The molecule has 0 aromatic carbocycles. The third-order valence-electron chi connectivity index (χ3n) is 3.69. The Bertz CT molecular complexity index is 436. The van der Waals surface area contributed by atoms with Crippen LogP contribution in [-0.2, 0) is 14.0 Å². The summed E-state index contributed by atoms with van der Waals surface area (Å²) in [6.45, 7) is 6.41. The lowest BCUT2D eigenvalue weighted by molar-refractivity contribution is 0.0120. The van der Waals surface area contributed by atoms with Gasteiger partial charge >= 0.3 is 7.12 Å². The average molecular weight is 276 g/mol. The molecule has 1 aromatic heterocycles. The molecule has 3 heterocycles. The Kier molecular flexibility index (Phi) is 4.05. The number of hydrogen-bond donors (Lipinski definition) is 0. The van der Waals surface area contributed by atoms with Crippen LogP contribution in [0.25, 0.3) is 0 Å². The van der Waals surface area contributed by atoms with Crippen molar-refractivity contribution in [2.24, 2.45) is 5.41 Å². The molecule has 2 aliphatic rings. The van der Waals surface area contributed by atoms with E-state index < -0.39 is 7.12 Å². The predicted molar refractivity (Wildman–Crippen MR) is 75.6 cm³/mol. The zero-order chi connectivity index (χ0) is 14.0. The minimum absolute atomic E-state index is 0.0693. The van der Waals surface area contributed by atoms with Gasteiger partial charge < -0.3 is 14.0 Å². The van der Waals surface area contributed by atoms with Gasteiger partial charge in [-0.2, -0.15) is 0 Å². The van der Waals surface area contributed by atoms with E-state index in [0.717, 1.165) is 30.7 Å². The van der Waals surface area contributed by atoms with Gasteiger partial charge in [-0.1, -0.05) is 13.8 Å². The topological polar surface area (TPSA) is 53.5 Å². The van der Waals surface area contributed by atoms with Crippen molar-refractivity contribution in [3.8, 4) is 0 Å². The molecule has 1 aromatic rings. The molecule has 2 saturated heterocycles. The first-order valence-corrected chi connectivity index (χ1v) is 7.31. The first-order chi connectivity index (χ1) is 9.64. The Hall–Kier alpha value is -0.975. The highest BCUT2D eigenvalue weighted by atomic mass is 16.6. The Morgan fingerprint density at radius 1 is 1.15 bits per heavy atom. The molecule has 3 rings (SSSR count). The van der Waals surface area contributed by atoms with Gasteiger partial charge in [0, 0.05) is 31.4 Å². The van der Waals surface area contributed by atoms with Crippen molar-refractivity contribution in [2.45, 2.75) is 39.2 Å². The van der Waals surface area contributed by atoms with Gasteiger partial charge in [0.25, 0.3) is 0 Å². The molecule has 2 aliphatic heterocycles. The molecule has 1 atom stereocenters. The van der Waals surface area contributed by atoms with Crippen LogP contribution in [0, 0.1) is 5.41 Å². The van der Waals surface area contributed by atoms with Crippen molar-refractivity contribution in [3.63, 3.8) is 0 Å². The fraction of sp³-hybridized carbons (Fsp3) is 0.714. The molecule has 2 fully saturated rings. The highest BCUT2D eigenvalue weighted by Gasteiger charge is 2.34. The molecule has 0 aliphatic carbocycles. The number of nitrogens with zero attached hydrogens (tertiary/aromatic N) is 2. The van der Waals surface area contributed by atoms with Gasteiger partial charge in [0.2, 0.25) is 0 Å². The van der Waals surface area contributed by atoms with Crippen molar-refractivity contribution in [2.75, 3.05) is 19.8 Å². The largest absolute Gasteiger partial charge is 0.515 e. The van der Waals surface area contributed by atoms with Crippen molar-refractivity contribution < 1.29 is 14.0 Å². The molecule has 5 nitrogen and oxygen atoms in total. The maximum atomic E-state index is 5.71. The molecule has 6 heteroatoms. The Morgan fingerprint density at radius 2 is 1.95 bits per heavy atom. The van der Waals surface area contributed by atoms with E-state index in [0.29, 0.717) is 13.2 Å². The van der Waals surface area contributed by atoms with Crippen LogP contribution in [0.5, 0.6) is 0 Å². The molecule has 108 valence electrons. The minimum atomic E-state index is -0.392. The molecule has 0 N–H and O–H groups in total. The number of hydrogen-bond acceptors (Lipinski definition) is 5. The lowest BCUT2D eigenvalue weighted by Gasteiger charge is -2.32. The standard InChI is InChI=1S/C14H21BN2O3/c1-14(2)9-19-15(20-10-14)13-8-16-11(7-17-13)12-5-3-4-6-18-12/h7-8,12H,3-6,9-10H2,1-2H3. The second kappa shape index (κ2) is 5.80. The quantitative estimate of drug-likeness (QED) is 0.766. The van der Waals surface area contributed by atoms with Crippen molar-refractivity contribution in [1.82, 2.24) is 9.97 Å². The zero-order valence-electron chi connectivity index (χ0n) is 12.2. The molecule has 0 saturated carbocycles. The van der Waals surface area contributed by atoms with Crippen LogP contribution < -0.4 is 5.59 Å². The predicted octanol–water partition coefficient (Wildman–Crippen LogP) is 1.49. The van der Waals surface area contributed by atoms with Crippen LogP contribution >= 0.6 is 0 Å². The van der Waals surface area contributed by atoms with E-state index in [9.17, 15) is 0 Å². The van der Waals surface area contributed by atoms with E-state index in [1.54, 1.807) is 12.4 Å². The SMILES string of the molecule is CC1(C)COB(c2cnc(C3CCCCO3)cn2)OC1. The molecule has 0 spiro atoms. The molecule has 0 bridgehead atoms.